The second-order valence-electron chi connectivity index (χ2n) is 8.66. The Kier molecular flexibility index (Phi) is 6.40. The zero-order chi connectivity index (χ0) is 24.4. The number of carbonyl (C=O) groups excluding carboxylic acids is 1. The monoisotopic (exact) mass is 476 g/mol. The number of benzene rings is 3. The number of hydrogen-bond donors (Lipinski definition) is 0. The summed E-state index contributed by atoms with van der Waals surface area (Å²) in [5.41, 5.74) is 3.37. The lowest BCUT2D eigenvalue weighted by molar-refractivity contribution is -0.135. The third-order valence-electron chi connectivity index (χ3n) is 6.37. The van der Waals surface area contributed by atoms with Crippen molar-refractivity contribution in [1.82, 2.24) is 5.01 Å². The Labute approximate surface area is 201 Å². The van der Waals surface area contributed by atoms with Crippen molar-refractivity contribution in [2.24, 2.45) is 11.0 Å². The fourth-order valence-electron chi connectivity index (χ4n) is 4.73. The Morgan fingerprint density at radius 2 is 1.66 bits per heavy atom. The Hall–Kier alpha value is -3.87. The van der Waals surface area contributed by atoms with Crippen molar-refractivity contribution in [2.45, 2.75) is 25.3 Å². The Balaban J connectivity index is 1.47. The molecule has 3 aromatic carbocycles. The smallest absolute Gasteiger partial charge is 0.281 e. The highest BCUT2D eigenvalue weighted by Crippen LogP contribution is 2.44. The van der Waals surface area contributed by atoms with Gasteiger partial charge in [0.2, 0.25) is 0 Å². The molecule has 0 bridgehead atoms. The number of hydrazone groups is 1. The van der Waals surface area contributed by atoms with E-state index in [9.17, 15) is 18.0 Å². The van der Waals surface area contributed by atoms with E-state index in [0.29, 0.717) is 0 Å². The molecule has 0 unspecified atom stereocenters. The van der Waals surface area contributed by atoms with Crippen molar-refractivity contribution in [3.63, 3.8) is 0 Å². The first kappa shape index (κ1) is 22.9. The predicted octanol–water partition coefficient (Wildman–Crippen LogP) is 6.31. The number of carbonyl (C=O) groups is 1. The van der Waals surface area contributed by atoms with Gasteiger partial charge in [-0.15, -0.1) is 0 Å². The lowest BCUT2D eigenvalue weighted by Crippen LogP contribution is -2.34. The molecule has 0 aromatic heterocycles. The van der Waals surface area contributed by atoms with E-state index in [-0.39, 0.29) is 29.9 Å². The zero-order valence-electron chi connectivity index (χ0n) is 18.8. The normalized spacial score (nSPS) is 20.5. The molecule has 0 saturated heterocycles. The average Bonchev–Trinajstić information content (AvgIpc) is 3.26. The molecule has 1 aliphatic carbocycles. The molecule has 2 atom stereocenters. The van der Waals surface area contributed by atoms with Crippen LogP contribution < -0.4 is 4.74 Å². The molecule has 0 spiro atoms. The zero-order valence-corrected chi connectivity index (χ0v) is 18.8. The molecule has 1 fully saturated rings. The van der Waals surface area contributed by atoms with Crippen molar-refractivity contribution >= 4 is 17.7 Å². The number of nitrogens with zero attached hydrogens (tertiary/aromatic N) is 2. The highest BCUT2D eigenvalue weighted by atomic mass is 19.1. The minimum Gasteiger partial charge on any atom is -0.481 e. The summed E-state index contributed by atoms with van der Waals surface area (Å²) < 4.78 is 46.4. The second kappa shape index (κ2) is 9.78. The van der Waals surface area contributed by atoms with Gasteiger partial charge in [0.25, 0.3) is 5.91 Å². The van der Waals surface area contributed by atoms with Crippen LogP contribution in [-0.2, 0) is 4.79 Å². The summed E-state index contributed by atoms with van der Waals surface area (Å²) in [6.07, 6.45) is 4.44. The van der Waals surface area contributed by atoms with E-state index in [2.05, 4.69) is 0 Å². The molecular weight excluding hydrogens is 453 g/mol. The van der Waals surface area contributed by atoms with Crippen LogP contribution in [0.5, 0.6) is 5.75 Å². The number of fused-ring (bicyclic) bond motifs is 1. The summed E-state index contributed by atoms with van der Waals surface area (Å²) in [5.74, 6) is -1.75. The van der Waals surface area contributed by atoms with E-state index in [1.165, 1.54) is 41.4 Å². The van der Waals surface area contributed by atoms with Gasteiger partial charge in [0.15, 0.2) is 18.2 Å². The van der Waals surface area contributed by atoms with Gasteiger partial charge < -0.3 is 4.74 Å². The molecule has 178 valence electrons. The summed E-state index contributed by atoms with van der Waals surface area (Å²) in [6.45, 7) is -0.390. The van der Waals surface area contributed by atoms with E-state index in [4.69, 9.17) is 9.84 Å². The van der Waals surface area contributed by atoms with Gasteiger partial charge in [-0.05, 0) is 78.4 Å². The number of ether oxygens (including phenoxy) is 1. The van der Waals surface area contributed by atoms with Gasteiger partial charge in [0.1, 0.15) is 11.6 Å². The Morgan fingerprint density at radius 1 is 0.971 bits per heavy atom. The lowest BCUT2D eigenvalue weighted by atomic mass is 9.77. The van der Waals surface area contributed by atoms with Crippen LogP contribution in [0, 0.1) is 23.4 Å². The van der Waals surface area contributed by atoms with Crippen molar-refractivity contribution in [1.29, 1.82) is 0 Å². The maximum atomic E-state index is 14.0. The maximum Gasteiger partial charge on any atom is 0.281 e. The summed E-state index contributed by atoms with van der Waals surface area (Å²) >= 11 is 0. The van der Waals surface area contributed by atoms with Crippen LogP contribution in [0.2, 0.25) is 0 Å². The lowest BCUT2D eigenvalue weighted by Gasteiger charge is -2.29. The molecule has 1 aliphatic heterocycles. The summed E-state index contributed by atoms with van der Waals surface area (Å²) in [7, 11) is 0. The van der Waals surface area contributed by atoms with Crippen LogP contribution in [0.3, 0.4) is 0 Å². The highest BCUT2D eigenvalue weighted by molar-refractivity contribution is 6.08. The van der Waals surface area contributed by atoms with Crippen LogP contribution in [-0.4, -0.2) is 23.2 Å². The van der Waals surface area contributed by atoms with E-state index >= 15 is 0 Å². The van der Waals surface area contributed by atoms with Crippen molar-refractivity contribution in [2.75, 3.05) is 6.61 Å². The molecule has 0 N–H and O–H groups in total. The van der Waals surface area contributed by atoms with Crippen LogP contribution in [0.25, 0.3) is 6.08 Å². The highest BCUT2D eigenvalue weighted by Gasteiger charge is 2.43. The molecule has 5 rings (SSSR count). The molecule has 3 aromatic rings. The predicted molar refractivity (Wildman–Crippen MR) is 127 cm³/mol. The molecule has 1 heterocycles. The van der Waals surface area contributed by atoms with E-state index in [0.717, 1.165) is 41.7 Å². The minimum absolute atomic E-state index is 0.0136. The molecular formula is C28H23F3N2O2. The number of allylic oxidation sites excluding steroid dienone is 1. The number of halogens is 3. The van der Waals surface area contributed by atoms with Crippen molar-refractivity contribution in [3.05, 3.63) is 107 Å². The fraction of sp³-hybridized carbons (Fsp3) is 0.214. The Bertz CT molecular complexity index is 1290. The summed E-state index contributed by atoms with van der Waals surface area (Å²) in [6, 6.07) is 17.7. The van der Waals surface area contributed by atoms with Crippen LogP contribution in [0.4, 0.5) is 13.2 Å². The van der Waals surface area contributed by atoms with Gasteiger partial charge >= 0.3 is 0 Å². The SMILES string of the molecule is O=C(COc1ccccc1F)N1N=C2/C(=C\c3ccc(F)cc3)CCC[C@H]2[C@H]1c1ccc(F)cc1. The largest absolute Gasteiger partial charge is 0.481 e. The number of para-hydroxylation sites is 1. The van der Waals surface area contributed by atoms with Gasteiger partial charge in [-0.1, -0.05) is 36.4 Å². The Morgan fingerprint density at radius 3 is 2.37 bits per heavy atom. The maximum absolute atomic E-state index is 14.0. The van der Waals surface area contributed by atoms with E-state index < -0.39 is 17.8 Å². The minimum atomic E-state index is -0.554. The third kappa shape index (κ3) is 4.85. The summed E-state index contributed by atoms with van der Waals surface area (Å²) in [5, 5.41) is 6.10. The fourth-order valence-corrected chi connectivity index (χ4v) is 4.73. The first-order valence-electron chi connectivity index (χ1n) is 11.5. The van der Waals surface area contributed by atoms with Gasteiger partial charge in [0, 0.05) is 5.92 Å². The topological polar surface area (TPSA) is 41.9 Å². The second-order valence-corrected chi connectivity index (χ2v) is 8.66. The summed E-state index contributed by atoms with van der Waals surface area (Å²) in [4.78, 5) is 13.3. The molecule has 1 saturated carbocycles. The standard InChI is InChI=1S/C28H23F3N2O2/c29-21-12-8-18(9-13-21)16-20-4-3-5-23-27(20)32-33(28(23)19-10-14-22(30)15-11-19)26(34)17-35-25-7-2-1-6-24(25)31/h1-2,6-16,23,28H,3-5,17H2/b20-16-/t23-,28-/m1/s1. The van der Waals surface area contributed by atoms with Gasteiger partial charge in [-0.2, -0.15) is 5.10 Å². The van der Waals surface area contributed by atoms with E-state index in [1.54, 1.807) is 36.4 Å². The van der Waals surface area contributed by atoms with Crippen LogP contribution >= 0.6 is 0 Å². The van der Waals surface area contributed by atoms with Crippen molar-refractivity contribution in [3.8, 4) is 5.75 Å². The van der Waals surface area contributed by atoms with Crippen LogP contribution in [0.1, 0.15) is 36.4 Å². The molecule has 35 heavy (non-hydrogen) atoms. The van der Waals surface area contributed by atoms with Crippen molar-refractivity contribution < 1.29 is 22.7 Å². The van der Waals surface area contributed by atoms with Crippen LogP contribution in [0.15, 0.2) is 83.5 Å². The molecule has 0 radical (unpaired) electrons. The number of rotatable bonds is 5. The van der Waals surface area contributed by atoms with E-state index in [1.807, 2.05) is 6.08 Å². The van der Waals surface area contributed by atoms with Gasteiger partial charge in [-0.3, -0.25) is 4.79 Å². The molecule has 7 heteroatoms. The van der Waals surface area contributed by atoms with Gasteiger partial charge in [-0.25, -0.2) is 18.2 Å². The molecule has 1 amide bonds. The molecule has 2 aliphatic rings. The number of hydrogen-bond acceptors (Lipinski definition) is 3. The third-order valence-corrected chi connectivity index (χ3v) is 6.37. The first-order chi connectivity index (χ1) is 17.0. The number of amides is 1. The average molecular weight is 476 g/mol. The quantitative estimate of drug-likeness (QED) is 0.433. The molecule has 4 nitrogen and oxygen atoms in total. The van der Waals surface area contributed by atoms with Gasteiger partial charge in [0.05, 0.1) is 11.8 Å². The first-order valence-corrected chi connectivity index (χ1v) is 11.5.